The Morgan fingerprint density at radius 1 is 1.30 bits per heavy atom. The van der Waals surface area contributed by atoms with Crippen molar-refractivity contribution < 1.29 is 13.2 Å². The van der Waals surface area contributed by atoms with E-state index in [-0.39, 0.29) is 11.9 Å². The lowest BCUT2D eigenvalue weighted by atomic mass is 10.1. The third kappa shape index (κ3) is 3.37. The molecule has 1 unspecified atom stereocenters. The van der Waals surface area contributed by atoms with Crippen molar-refractivity contribution in [2.45, 2.75) is 26.3 Å². The lowest BCUT2D eigenvalue weighted by Crippen LogP contribution is -2.38. The zero-order valence-electron chi connectivity index (χ0n) is 12.0. The molecule has 1 aromatic rings. The van der Waals surface area contributed by atoms with Crippen LogP contribution in [0.5, 0.6) is 0 Å². The van der Waals surface area contributed by atoms with Crippen LogP contribution in [0.3, 0.4) is 0 Å². The van der Waals surface area contributed by atoms with Crippen LogP contribution in [0.4, 0.5) is 0 Å². The molecule has 1 aromatic carbocycles. The standard InChI is InChI=1S/C14H20N2O3S/c1-10-4-5-12(8-11(10)2)14(17)15-13-6-7-16(9-13)20(3,18)19/h4-5,8,13H,6-7,9H2,1-3H3,(H,15,17). The van der Waals surface area contributed by atoms with Crippen LogP contribution in [-0.2, 0) is 10.0 Å². The van der Waals surface area contributed by atoms with E-state index < -0.39 is 10.0 Å². The van der Waals surface area contributed by atoms with Gasteiger partial charge in [-0.3, -0.25) is 4.79 Å². The average Bonchev–Trinajstić information content (AvgIpc) is 2.81. The molecule has 1 amide bonds. The molecule has 6 heteroatoms. The Kier molecular flexibility index (Phi) is 4.15. The molecule has 0 radical (unpaired) electrons. The van der Waals surface area contributed by atoms with Gasteiger partial charge in [-0.1, -0.05) is 6.07 Å². The number of nitrogens with zero attached hydrogens (tertiary/aromatic N) is 1. The number of carbonyl (C=O) groups excluding carboxylic acids is 1. The molecule has 0 saturated carbocycles. The third-order valence-corrected chi connectivity index (χ3v) is 4.99. The van der Waals surface area contributed by atoms with Crippen molar-refractivity contribution in [2.75, 3.05) is 19.3 Å². The summed E-state index contributed by atoms with van der Waals surface area (Å²) in [4.78, 5) is 12.1. The fourth-order valence-electron chi connectivity index (χ4n) is 2.30. The Labute approximate surface area is 120 Å². The van der Waals surface area contributed by atoms with Gasteiger partial charge in [0.1, 0.15) is 0 Å². The van der Waals surface area contributed by atoms with Gasteiger partial charge < -0.3 is 5.32 Å². The van der Waals surface area contributed by atoms with E-state index >= 15 is 0 Å². The SMILES string of the molecule is Cc1ccc(C(=O)NC2CCN(S(C)(=O)=O)C2)cc1C. The summed E-state index contributed by atoms with van der Waals surface area (Å²) in [6.07, 6.45) is 1.85. The van der Waals surface area contributed by atoms with Crippen LogP contribution in [0.15, 0.2) is 18.2 Å². The predicted molar refractivity (Wildman–Crippen MR) is 78.2 cm³/mol. The van der Waals surface area contributed by atoms with Crippen LogP contribution in [0.2, 0.25) is 0 Å². The number of hydrogen-bond acceptors (Lipinski definition) is 3. The number of hydrogen-bond donors (Lipinski definition) is 1. The zero-order valence-corrected chi connectivity index (χ0v) is 12.8. The predicted octanol–water partition coefficient (Wildman–Crippen LogP) is 1.07. The van der Waals surface area contributed by atoms with Crippen LogP contribution >= 0.6 is 0 Å². The fourth-order valence-corrected chi connectivity index (χ4v) is 3.19. The molecule has 1 saturated heterocycles. The largest absolute Gasteiger partial charge is 0.348 e. The lowest BCUT2D eigenvalue weighted by molar-refractivity contribution is 0.0939. The topological polar surface area (TPSA) is 66.5 Å². The third-order valence-electron chi connectivity index (χ3n) is 3.72. The van der Waals surface area contributed by atoms with Gasteiger partial charge in [0.05, 0.1) is 6.26 Å². The highest BCUT2D eigenvalue weighted by molar-refractivity contribution is 7.88. The molecule has 0 aliphatic carbocycles. The van der Waals surface area contributed by atoms with Crippen LogP contribution in [0.1, 0.15) is 27.9 Å². The van der Waals surface area contributed by atoms with E-state index in [9.17, 15) is 13.2 Å². The molecule has 1 atom stereocenters. The van der Waals surface area contributed by atoms with Gasteiger partial charge >= 0.3 is 0 Å². The van der Waals surface area contributed by atoms with E-state index in [4.69, 9.17) is 0 Å². The first-order valence-corrected chi connectivity index (χ1v) is 8.45. The van der Waals surface area contributed by atoms with E-state index in [2.05, 4.69) is 5.32 Å². The summed E-state index contributed by atoms with van der Waals surface area (Å²) in [7, 11) is -3.17. The van der Waals surface area contributed by atoms with Gasteiger partial charge in [-0.15, -0.1) is 0 Å². The van der Waals surface area contributed by atoms with Gasteiger partial charge in [0.2, 0.25) is 10.0 Å². The molecule has 0 bridgehead atoms. The summed E-state index contributed by atoms with van der Waals surface area (Å²) in [5, 5.41) is 2.90. The molecule has 1 N–H and O–H groups in total. The average molecular weight is 296 g/mol. The summed E-state index contributed by atoms with van der Waals surface area (Å²) < 4.78 is 24.3. The molecule has 110 valence electrons. The van der Waals surface area contributed by atoms with E-state index in [1.165, 1.54) is 10.6 Å². The highest BCUT2D eigenvalue weighted by Crippen LogP contribution is 2.14. The Balaban J connectivity index is 2.01. The molecule has 0 spiro atoms. The van der Waals surface area contributed by atoms with Gasteiger partial charge in [-0.25, -0.2) is 12.7 Å². The second-order valence-electron chi connectivity index (χ2n) is 5.38. The summed E-state index contributed by atoms with van der Waals surface area (Å²) in [5.41, 5.74) is 2.83. The Bertz CT molecular complexity index is 625. The maximum Gasteiger partial charge on any atom is 0.251 e. The van der Waals surface area contributed by atoms with Crippen molar-refractivity contribution in [2.24, 2.45) is 0 Å². The van der Waals surface area contributed by atoms with E-state index in [0.717, 1.165) is 11.1 Å². The van der Waals surface area contributed by atoms with E-state index in [1.807, 2.05) is 26.0 Å². The second-order valence-corrected chi connectivity index (χ2v) is 7.36. The number of rotatable bonds is 3. The van der Waals surface area contributed by atoms with Crippen LogP contribution in [0, 0.1) is 13.8 Å². The van der Waals surface area contributed by atoms with Crippen molar-refractivity contribution in [1.29, 1.82) is 0 Å². The molecular weight excluding hydrogens is 276 g/mol. The van der Waals surface area contributed by atoms with Crippen molar-refractivity contribution in [3.63, 3.8) is 0 Å². The highest BCUT2D eigenvalue weighted by Gasteiger charge is 2.29. The molecule has 2 rings (SSSR count). The highest BCUT2D eigenvalue weighted by atomic mass is 32.2. The first-order valence-electron chi connectivity index (χ1n) is 6.60. The van der Waals surface area contributed by atoms with Crippen molar-refractivity contribution in [3.8, 4) is 0 Å². The summed E-state index contributed by atoms with van der Waals surface area (Å²) in [5.74, 6) is -0.145. The summed E-state index contributed by atoms with van der Waals surface area (Å²) >= 11 is 0. The van der Waals surface area contributed by atoms with Gasteiger partial charge in [0.25, 0.3) is 5.91 Å². The van der Waals surface area contributed by atoms with Gasteiger partial charge in [0, 0.05) is 24.7 Å². The molecule has 1 fully saturated rings. The van der Waals surface area contributed by atoms with Crippen LogP contribution < -0.4 is 5.32 Å². The smallest absolute Gasteiger partial charge is 0.251 e. The van der Waals surface area contributed by atoms with Crippen LogP contribution in [-0.4, -0.2) is 44.0 Å². The maximum absolute atomic E-state index is 12.1. The van der Waals surface area contributed by atoms with Crippen molar-refractivity contribution >= 4 is 15.9 Å². The van der Waals surface area contributed by atoms with Crippen molar-refractivity contribution in [3.05, 3.63) is 34.9 Å². The Morgan fingerprint density at radius 2 is 2.00 bits per heavy atom. The molecular formula is C14H20N2O3S. The maximum atomic E-state index is 12.1. The Hall–Kier alpha value is -1.40. The minimum absolute atomic E-state index is 0.112. The summed E-state index contributed by atoms with van der Waals surface area (Å²) in [6, 6.07) is 5.45. The second kappa shape index (κ2) is 5.54. The van der Waals surface area contributed by atoms with E-state index in [1.54, 1.807) is 6.07 Å². The van der Waals surface area contributed by atoms with Crippen LogP contribution in [0.25, 0.3) is 0 Å². The first-order chi connectivity index (χ1) is 9.27. The number of benzene rings is 1. The number of amides is 1. The van der Waals surface area contributed by atoms with Crippen molar-refractivity contribution in [1.82, 2.24) is 9.62 Å². The molecule has 1 heterocycles. The number of carbonyl (C=O) groups is 1. The van der Waals surface area contributed by atoms with Gasteiger partial charge in [0.15, 0.2) is 0 Å². The Morgan fingerprint density at radius 3 is 2.55 bits per heavy atom. The molecule has 1 aliphatic heterocycles. The fraction of sp³-hybridized carbons (Fsp3) is 0.500. The van der Waals surface area contributed by atoms with E-state index in [0.29, 0.717) is 25.1 Å². The molecule has 5 nitrogen and oxygen atoms in total. The normalized spacial score (nSPS) is 20.1. The molecule has 0 aromatic heterocycles. The number of sulfonamides is 1. The monoisotopic (exact) mass is 296 g/mol. The number of nitrogens with one attached hydrogen (secondary N) is 1. The lowest BCUT2D eigenvalue weighted by Gasteiger charge is -2.15. The minimum Gasteiger partial charge on any atom is -0.348 e. The quantitative estimate of drug-likeness (QED) is 0.907. The molecule has 20 heavy (non-hydrogen) atoms. The molecule has 1 aliphatic rings. The first kappa shape index (κ1) is 15.0. The van der Waals surface area contributed by atoms with Gasteiger partial charge in [-0.2, -0.15) is 0 Å². The van der Waals surface area contributed by atoms with Gasteiger partial charge in [-0.05, 0) is 43.5 Å². The summed E-state index contributed by atoms with van der Waals surface area (Å²) in [6.45, 7) is 4.79. The number of aryl methyl sites for hydroxylation is 2. The minimum atomic E-state index is -3.17. The zero-order chi connectivity index (χ0) is 14.9.